The molecule has 0 fully saturated rings. The number of unbranched alkanes of at least 4 members (excludes halogenated alkanes) is 33. The van der Waals surface area contributed by atoms with Gasteiger partial charge in [0.1, 0.15) is 19.3 Å². The second-order valence-corrected chi connectivity index (χ2v) is 26.6. The molecule has 0 radical (unpaired) electrons. The van der Waals surface area contributed by atoms with E-state index in [1.165, 1.54) is 109 Å². The molecule has 0 aliphatic carbocycles. The van der Waals surface area contributed by atoms with Crippen molar-refractivity contribution in [1.29, 1.82) is 0 Å². The summed E-state index contributed by atoms with van der Waals surface area (Å²) in [5.41, 5.74) is 0. The van der Waals surface area contributed by atoms with Crippen molar-refractivity contribution in [2.24, 2.45) is 5.92 Å². The zero-order valence-corrected chi connectivity index (χ0v) is 56.0. The monoisotopic (exact) mass is 1250 g/mol. The Bertz CT molecular complexity index is 1740. The number of carbonyl (C=O) groups excluding carboxylic acids is 4. The zero-order valence-electron chi connectivity index (χ0n) is 54.2. The lowest BCUT2D eigenvalue weighted by molar-refractivity contribution is -0.161. The number of rotatable bonds is 64. The predicted octanol–water partition coefficient (Wildman–Crippen LogP) is 18.1. The maximum Gasteiger partial charge on any atom is 0.472 e. The first-order valence-corrected chi connectivity index (χ1v) is 36.9. The van der Waals surface area contributed by atoms with Crippen LogP contribution < -0.4 is 0 Å². The van der Waals surface area contributed by atoms with Crippen molar-refractivity contribution in [2.75, 3.05) is 39.6 Å². The molecule has 500 valence electrons. The van der Waals surface area contributed by atoms with E-state index in [-0.39, 0.29) is 25.7 Å². The van der Waals surface area contributed by atoms with Gasteiger partial charge in [-0.05, 0) is 57.3 Å². The van der Waals surface area contributed by atoms with Crippen LogP contribution in [0.4, 0.5) is 0 Å². The number of allylic oxidation sites excluding steroid dienone is 4. The minimum atomic E-state index is -4.95. The summed E-state index contributed by atoms with van der Waals surface area (Å²) < 4.78 is 67.8. The molecule has 3 N–H and O–H groups in total. The molecule has 0 heterocycles. The van der Waals surface area contributed by atoms with E-state index in [2.05, 4.69) is 58.9 Å². The van der Waals surface area contributed by atoms with Gasteiger partial charge in [0.15, 0.2) is 12.2 Å². The van der Waals surface area contributed by atoms with Crippen molar-refractivity contribution in [3.8, 4) is 0 Å². The molecule has 17 nitrogen and oxygen atoms in total. The fraction of sp³-hybridized carbons (Fsp3) is 0.879. The highest BCUT2D eigenvalue weighted by molar-refractivity contribution is 7.47. The molecule has 0 aliphatic heterocycles. The molecular formula is C66H124O17P2. The number of phosphoric ester groups is 2. The van der Waals surface area contributed by atoms with Crippen LogP contribution in [0.1, 0.15) is 311 Å². The fourth-order valence-corrected chi connectivity index (χ4v) is 11.0. The smallest absolute Gasteiger partial charge is 0.462 e. The number of hydrogen-bond donors (Lipinski definition) is 3. The maximum absolute atomic E-state index is 13.0. The molecule has 0 rings (SSSR count). The SMILES string of the molecule is CCCCCC/C=C\C=C/CCCCCCCC(=O)OC[C@H](COP(=O)(O)OC[C@@H](O)COP(=O)(O)OC[C@@H](COC(=O)CCCCCCC)OC(=O)CCCCCCCCC(C)C)OC(=O)CCCCCCCCCCCCCCCCCC. The van der Waals surface area contributed by atoms with Gasteiger partial charge in [-0.25, -0.2) is 9.13 Å². The molecule has 5 atom stereocenters. The fourth-order valence-electron chi connectivity index (χ4n) is 9.40. The number of carbonyl (C=O) groups is 4. The van der Waals surface area contributed by atoms with Crippen LogP contribution in [0.25, 0.3) is 0 Å². The quantitative estimate of drug-likeness (QED) is 0.0169. The van der Waals surface area contributed by atoms with E-state index in [1.807, 2.05) is 0 Å². The number of phosphoric acid groups is 2. The van der Waals surface area contributed by atoms with Gasteiger partial charge in [0.2, 0.25) is 0 Å². The van der Waals surface area contributed by atoms with Crippen LogP contribution in [0.2, 0.25) is 0 Å². The highest BCUT2D eigenvalue weighted by Gasteiger charge is 2.30. The van der Waals surface area contributed by atoms with Crippen LogP contribution in [0, 0.1) is 5.92 Å². The third-order valence-electron chi connectivity index (χ3n) is 14.7. The van der Waals surface area contributed by atoms with Gasteiger partial charge in [-0.15, -0.1) is 0 Å². The Morgan fingerprint density at radius 1 is 0.365 bits per heavy atom. The van der Waals surface area contributed by atoms with Crippen molar-refractivity contribution >= 4 is 39.5 Å². The summed E-state index contributed by atoms with van der Waals surface area (Å²) in [4.78, 5) is 72.0. The van der Waals surface area contributed by atoms with E-state index in [9.17, 15) is 43.2 Å². The lowest BCUT2D eigenvalue weighted by atomic mass is 10.0. The summed E-state index contributed by atoms with van der Waals surface area (Å²) in [7, 11) is -9.89. The number of hydrogen-bond acceptors (Lipinski definition) is 15. The first-order chi connectivity index (χ1) is 41.0. The minimum Gasteiger partial charge on any atom is -0.462 e. The molecule has 0 bridgehead atoms. The predicted molar refractivity (Wildman–Crippen MR) is 340 cm³/mol. The highest BCUT2D eigenvalue weighted by atomic mass is 31.2. The molecule has 0 amide bonds. The van der Waals surface area contributed by atoms with E-state index in [0.29, 0.717) is 31.6 Å². The third kappa shape index (κ3) is 60.2. The van der Waals surface area contributed by atoms with Crippen molar-refractivity contribution in [3.05, 3.63) is 24.3 Å². The van der Waals surface area contributed by atoms with Gasteiger partial charge in [0.25, 0.3) is 0 Å². The number of aliphatic hydroxyl groups excluding tert-OH is 1. The molecule has 0 saturated heterocycles. The van der Waals surface area contributed by atoms with Crippen molar-refractivity contribution in [3.63, 3.8) is 0 Å². The second-order valence-electron chi connectivity index (χ2n) is 23.6. The summed E-state index contributed by atoms with van der Waals surface area (Å²) >= 11 is 0. The first kappa shape index (κ1) is 82.5. The molecule has 19 heteroatoms. The van der Waals surface area contributed by atoms with E-state index >= 15 is 0 Å². The van der Waals surface area contributed by atoms with Gasteiger partial charge in [0.05, 0.1) is 26.4 Å². The average molecular weight is 1250 g/mol. The Kier molecular flexibility index (Phi) is 57.5. The second kappa shape index (κ2) is 59.2. The molecule has 0 saturated carbocycles. The Balaban J connectivity index is 5.20. The topological polar surface area (TPSA) is 237 Å². The lowest BCUT2D eigenvalue weighted by Crippen LogP contribution is -2.30. The van der Waals surface area contributed by atoms with Crippen molar-refractivity contribution < 1.29 is 80.2 Å². The standard InChI is InChI=1S/C66H124O17P2/c1-6-9-12-15-17-19-21-23-25-27-29-31-33-35-41-46-51-65(70)82-62(56-77-64(69)50-45-40-34-32-30-28-26-24-22-20-18-16-13-10-7-2)58-81-85(74,75)79-54-60(67)53-78-84(72,73)80-57-61(55-76-63(68)49-44-38-14-11-8-3)83-66(71)52-47-42-37-36-39-43-48-59(4)5/h20,22,24,26,59-62,67H,6-19,21,23,25,27-58H2,1-5H3,(H,72,73)(H,74,75)/b22-20-,26-24-/t60-,61+,62+/m0/s1. The van der Waals surface area contributed by atoms with Gasteiger partial charge in [-0.3, -0.25) is 37.3 Å². The highest BCUT2D eigenvalue weighted by Crippen LogP contribution is 2.45. The zero-order chi connectivity index (χ0) is 62.8. The van der Waals surface area contributed by atoms with Crippen LogP contribution in [-0.4, -0.2) is 96.7 Å². The molecule has 0 aromatic carbocycles. The van der Waals surface area contributed by atoms with E-state index in [0.717, 1.165) is 116 Å². The molecule has 85 heavy (non-hydrogen) atoms. The first-order valence-electron chi connectivity index (χ1n) is 34.0. The maximum atomic E-state index is 13.0. The van der Waals surface area contributed by atoms with E-state index < -0.39 is 97.5 Å². The molecule has 0 aromatic heterocycles. The minimum absolute atomic E-state index is 0.0990. The van der Waals surface area contributed by atoms with Crippen LogP contribution in [0.15, 0.2) is 24.3 Å². The Labute approximate surface area is 516 Å². The van der Waals surface area contributed by atoms with Crippen molar-refractivity contribution in [1.82, 2.24) is 0 Å². The molecule has 2 unspecified atom stereocenters. The van der Waals surface area contributed by atoms with Gasteiger partial charge in [-0.1, -0.05) is 258 Å². The largest absolute Gasteiger partial charge is 0.472 e. The number of esters is 4. The summed E-state index contributed by atoms with van der Waals surface area (Å²) in [6, 6.07) is 0. The van der Waals surface area contributed by atoms with Crippen LogP contribution in [0.3, 0.4) is 0 Å². The third-order valence-corrected chi connectivity index (χ3v) is 16.6. The van der Waals surface area contributed by atoms with Gasteiger partial charge < -0.3 is 33.8 Å². The molecular weight excluding hydrogens is 1130 g/mol. The lowest BCUT2D eigenvalue weighted by Gasteiger charge is -2.21. The van der Waals surface area contributed by atoms with Gasteiger partial charge >= 0.3 is 39.5 Å². The Hall–Kier alpha value is -2.46. The number of aliphatic hydroxyl groups is 1. The van der Waals surface area contributed by atoms with Crippen molar-refractivity contribution in [2.45, 2.75) is 329 Å². The van der Waals surface area contributed by atoms with Crippen LogP contribution >= 0.6 is 15.6 Å². The van der Waals surface area contributed by atoms with Gasteiger partial charge in [-0.2, -0.15) is 0 Å². The summed E-state index contributed by atoms with van der Waals surface area (Å²) in [6.07, 6.45) is 47.2. The number of ether oxygens (including phenoxy) is 4. The normalized spacial score (nSPS) is 14.4. The summed E-state index contributed by atoms with van der Waals surface area (Å²) in [5.74, 6) is -1.51. The Morgan fingerprint density at radius 2 is 0.635 bits per heavy atom. The van der Waals surface area contributed by atoms with E-state index in [1.54, 1.807) is 0 Å². The summed E-state index contributed by atoms with van der Waals surface area (Å²) in [5, 5.41) is 10.5. The summed E-state index contributed by atoms with van der Waals surface area (Å²) in [6.45, 7) is 6.96. The molecule has 0 spiro atoms. The average Bonchev–Trinajstić information content (AvgIpc) is 3.55. The van der Waals surface area contributed by atoms with Gasteiger partial charge in [0, 0.05) is 25.7 Å². The van der Waals surface area contributed by atoms with Crippen LogP contribution in [-0.2, 0) is 65.4 Å². The molecule has 0 aliphatic rings. The Morgan fingerprint density at radius 3 is 0.965 bits per heavy atom. The molecule has 0 aromatic rings. The van der Waals surface area contributed by atoms with Crippen LogP contribution in [0.5, 0.6) is 0 Å². The van der Waals surface area contributed by atoms with E-state index in [4.69, 9.17) is 37.0 Å².